The van der Waals surface area contributed by atoms with Crippen LogP contribution >= 0.6 is 0 Å². The number of benzene rings is 2. The van der Waals surface area contributed by atoms with Crippen LogP contribution in [0.4, 0.5) is 0 Å². The number of carbonyl (C=O) groups is 1. The van der Waals surface area contributed by atoms with Crippen LogP contribution in [0.2, 0.25) is 0 Å². The molecule has 0 atom stereocenters. The first kappa shape index (κ1) is 19.4. The highest BCUT2D eigenvalue weighted by atomic mass is 16.5. The Labute approximate surface area is 165 Å². The number of aromatic nitrogens is 1. The van der Waals surface area contributed by atoms with Crippen molar-refractivity contribution in [1.29, 1.82) is 0 Å². The molecule has 0 aliphatic heterocycles. The lowest BCUT2D eigenvalue weighted by molar-refractivity contribution is -0.121. The summed E-state index contributed by atoms with van der Waals surface area (Å²) >= 11 is 0. The Morgan fingerprint density at radius 3 is 2.54 bits per heavy atom. The average molecular weight is 376 g/mol. The van der Waals surface area contributed by atoms with Gasteiger partial charge in [0.25, 0.3) is 0 Å². The van der Waals surface area contributed by atoms with E-state index < -0.39 is 0 Å². The highest BCUT2D eigenvalue weighted by Crippen LogP contribution is 2.28. The zero-order chi connectivity index (χ0) is 19.6. The van der Waals surface area contributed by atoms with E-state index in [1.807, 2.05) is 60.7 Å². The van der Waals surface area contributed by atoms with Crippen LogP contribution in [-0.4, -0.2) is 18.0 Å². The van der Waals surface area contributed by atoms with E-state index in [0.717, 1.165) is 16.7 Å². The Balaban J connectivity index is 1.50. The fraction of sp³-hybridized carbons (Fsp3) is 0.217. The van der Waals surface area contributed by atoms with E-state index in [1.54, 1.807) is 19.5 Å². The van der Waals surface area contributed by atoms with Gasteiger partial charge < -0.3 is 14.8 Å². The number of nitrogens with one attached hydrogen (secondary N) is 1. The van der Waals surface area contributed by atoms with E-state index in [1.165, 1.54) is 0 Å². The summed E-state index contributed by atoms with van der Waals surface area (Å²) < 4.78 is 11.3. The van der Waals surface area contributed by atoms with Crippen molar-refractivity contribution in [3.8, 4) is 11.5 Å². The van der Waals surface area contributed by atoms with Crippen molar-refractivity contribution in [3.05, 3.63) is 89.7 Å². The van der Waals surface area contributed by atoms with Crippen LogP contribution in [0.25, 0.3) is 0 Å². The minimum Gasteiger partial charge on any atom is -0.493 e. The molecule has 1 N–H and O–H groups in total. The Morgan fingerprint density at radius 2 is 1.79 bits per heavy atom. The SMILES string of the molecule is COc1cc(CNC(=O)CCc2cccnc2)ccc1OCc1ccccc1. The molecule has 0 bridgehead atoms. The number of pyridine rings is 1. The van der Waals surface area contributed by atoms with E-state index in [0.29, 0.717) is 37.5 Å². The van der Waals surface area contributed by atoms with Crippen molar-refractivity contribution >= 4 is 5.91 Å². The third-order valence-electron chi connectivity index (χ3n) is 4.32. The van der Waals surface area contributed by atoms with Gasteiger partial charge in [0, 0.05) is 25.4 Å². The lowest BCUT2D eigenvalue weighted by Gasteiger charge is -2.13. The van der Waals surface area contributed by atoms with Gasteiger partial charge in [0.05, 0.1) is 7.11 Å². The lowest BCUT2D eigenvalue weighted by Crippen LogP contribution is -2.23. The van der Waals surface area contributed by atoms with E-state index in [-0.39, 0.29) is 5.91 Å². The van der Waals surface area contributed by atoms with Gasteiger partial charge in [-0.2, -0.15) is 0 Å². The number of hydrogen-bond donors (Lipinski definition) is 1. The fourth-order valence-corrected chi connectivity index (χ4v) is 2.77. The van der Waals surface area contributed by atoms with Crippen LogP contribution in [0.15, 0.2) is 73.1 Å². The molecular formula is C23H24N2O3. The second-order valence-corrected chi connectivity index (χ2v) is 6.40. The summed E-state index contributed by atoms with van der Waals surface area (Å²) in [6, 6.07) is 19.5. The van der Waals surface area contributed by atoms with Gasteiger partial charge in [-0.3, -0.25) is 9.78 Å². The van der Waals surface area contributed by atoms with Gasteiger partial charge in [0.1, 0.15) is 6.61 Å². The zero-order valence-corrected chi connectivity index (χ0v) is 15.9. The molecule has 0 fully saturated rings. The van der Waals surface area contributed by atoms with Crippen molar-refractivity contribution in [2.75, 3.05) is 7.11 Å². The number of carbonyl (C=O) groups excluding carboxylic acids is 1. The molecular weight excluding hydrogens is 352 g/mol. The van der Waals surface area contributed by atoms with Crippen LogP contribution < -0.4 is 14.8 Å². The molecule has 28 heavy (non-hydrogen) atoms. The first-order chi connectivity index (χ1) is 13.7. The second-order valence-electron chi connectivity index (χ2n) is 6.40. The van der Waals surface area contributed by atoms with Crippen molar-refractivity contribution in [2.45, 2.75) is 26.0 Å². The number of aryl methyl sites for hydroxylation is 1. The van der Waals surface area contributed by atoms with Gasteiger partial charge in [-0.1, -0.05) is 42.5 Å². The Kier molecular flexibility index (Phi) is 7.01. The second kappa shape index (κ2) is 10.1. The van der Waals surface area contributed by atoms with Crippen molar-refractivity contribution in [1.82, 2.24) is 10.3 Å². The first-order valence-corrected chi connectivity index (χ1v) is 9.24. The Bertz CT molecular complexity index is 883. The Hall–Kier alpha value is -3.34. The maximum atomic E-state index is 12.1. The predicted octanol–water partition coefficient (Wildman–Crippen LogP) is 3.92. The van der Waals surface area contributed by atoms with E-state index in [2.05, 4.69) is 10.3 Å². The number of amides is 1. The average Bonchev–Trinajstić information content (AvgIpc) is 2.76. The quantitative estimate of drug-likeness (QED) is 0.615. The highest BCUT2D eigenvalue weighted by molar-refractivity contribution is 5.76. The van der Waals surface area contributed by atoms with E-state index in [9.17, 15) is 4.79 Å². The van der Waals surface area contributed by atoms with Gasteiger partial charge in [-0.25, -0.2) is 0 Å². The molecule has 0 saturated heterocycles. The topological polar surface area (TPSA) is 60.5 Å². The molecule has 2 aromatic carbocycles. The maximum absolute atomic E-state index is 12.1. The van der Waals surface area contributed by atoms with Crippen LogP contribution in [0.5, 0.6) is 11.5 Å². The number of ether oxygens (including phenoxy) is 2. The third-order valence-corrected chi connectivity index (χ3v) is 4.32. The minimum absolute atomic E-state index is 0.00669. The highest BCUT2D eigenvalue weighted by Gasteiger charge is 2.08. The smallest absolute Gasteiger partial charge is 0.220 e. The maximum Gasteiger partial charge on any atom is 0.220 e. The Morgan fingerprint density at radius 1 is 0.964 bits per heavy atom. The fourth-order valence-electron chi connectivity index (χ4n) is 2.77. The number of methoxy groups -OCH3 is 1. The molecule has 144 valence electrons. The number of rotatable bonds is 9. The van der Waals surface area contributed by atoms with Crippen LogP contribution in [0.3, 0.4) is 0 Å². The summed E-state index contributed by atoms with van der Waals surface area (Å²) in [4.78, 5) is 16.1. The van der Waals surface area contributed by atoms with Crippen LogP contribution in [-0.2, 0) is 24.4 Å². The monoisotopic (exact) mass is 376 g/mol. The van der Waals surface area contributed by atoms with Crippen LogP contribution in [0.1, 0.15) is 23.1 Å². The summed E-state index contributed by atoms with van der Waals surface area (Å²) in [6.45, 7) is 0.919. The molecule has 3 rings (SSSR count). The molecule has 3 aromatic rings. The van der Waals surface area contributed by atoms with Crippen molar-refractivity contribution in [3.63, 3.8) is 0 Å². The van der Waals surface area contributed by atoms with E-state index in [4.69, 9.17) is 9.47 Å². The summed E-state index contributed by atoms with van der Waals surface area (Å²) in [5.74, 6) is 1.34. The largest absolute Gasteiger partial charge is 0.493 e. The molecule has 1 amide bonds. The normalized spacial score (nSPS) is 10.3. The third kappa shape index (κ3) is 5.84. The van der Waals surface area contributed by atoms with Gasteiger partial charge in [0.2, 0.25) is 5.91 Å². The van der Waals surface area contributed by atoms with Gasteiger partial charge in [-0.15, -0.1) is 0 Å². The predicted molar refractivity (Wildman–Crippen MR) is 108 cm³/mol. The van der Waals surface area contributed by atoms with Gasteiger partial charge >= 0.3 is 0 Å². The molecule has 0 aliphatic carbocycles. The molecule has 0 aliphatic rings. The van der Waals surface area contributed by atoms with Gasteiger partial charge in [-0.05, 0) is 41.3 Å². The van der Waals surface area contributed by atoms with Gasteiger partial charge in [0.15, 0.2) is 11.5 Å². The summed E-state index contributed by atoms with van der Waals surface area (Å²) in [5.41, 5.74) is 3.10. The standard InChI is InChI=1S/C23H24N2O3/c1-27-22-14-20(9-11-21(22)28-17-19-6-3-2-4-7-19)16-25-23(26)12-10-18-8-5-13-24-15-18/h2-9,11,13-15H,10,12,16-17H2,1H3,(H,25,26). The lowest BCUT2D eigenvalue weighted by atomic mass is 10.1. The molecule has 1 aromatic heterocycles. The molecule has 5 heteroatoms. The number of hydrogen-bond acceptors (Lipinski definition) is 4. The van der Waals surface area contributed by atoms with Crippen LogP contribution in [0, 0.1) is 0 Å². The first-order valence-electron chi connectivity index (χ1n) is 9.24. The summed E-state index contributed by atoms with van der Waals surface area (Å²) in [6.07, 6.45) is 4.62. The zero-order valence-electron chi connectivity index (χ0n) is 15.9. The summed E-state index contributed by atoms with van der Waals surface area (Å²) in [5, 5.41) is 2.94. The molecule has 0 unspecified atom stereocenters. The number of nitrogens with zero attached hydrogens (tertiary/aromatic N) is 1. The molecule has 1 heterocycles. The molecule has 5 nitrogen and oxygen atoms in total. The van der Waals surface area contributed by atoms with E-state index >= 15 is 0 Å². The molecule has 0 saturated carbocycles. The van der Waals surface area contributed by atoms with Crippen molar-refractivity contribution in [2.24, 2.45) is 0 Å². The molecule has 0 spiro atoms. The summed E-state index contributed by atoms with van der Waals surface area (Å²) in [7, 11) is 1.61. The molecule has 0 radical (unpaired) electrons. The van der Waals surface area contributed by atoms with Crippen molar-refractivity contribution < 1.29 is 14.3 Å². The minimum atomic E-state index is 0.00669.